The molecule has 1 aromatic carbocycles. The van der Waals surface area contributed by atoms with Gasteiger partial charge in [-0.15, -0.1) is 0 Å². The molecule has 0 aliphatic carbocycles. The van der Waals surface area contributed by atoms with Gasteiger partial charge >= 0.3 is 0 Å². The third kappa shape index (κ3) is 2.59. The van der Waals surface area contributed by atoms with Crippen LogP contribution in [0.25, 0.3) is 22.4 Å². The van der Waals surface area contributed by atoms with E-state index in [9.17, 15) is 8.42 Å². The molecule has 3 heterocycles. The van der Waals surface area contributed by atoms with Crippen LogP contribution in [-0.4, -0.2) is 28.9 Å². The third-order valence-corrected chi connectivity index (χ3v) is 5.03. The fourth-order valence-corrected chi connectivity index (χ4v) is 3.63. The summed E-state index contributed by atoms with van der Waals surface area (Å²) in [5.74, 6) is 0.526. The molecule has 1 aliphatic heterocycles. The predicted octanol–water partition coefficient (Wildman–Crippen LogP) is 2.37. The Morgan fingerprint density at radius 2 is 1.83 bits per heavy atom. The number of aromatic nitrogens is 3. The summed E-state index contributed by atoms with van der Waals surface area (Å²) in [4.78, 5) is 4.47. The molecule has 2 aromatic heterocycles. The lowest BCUT2D eigenvalue weighted by Crippen LogP contribution is -2.28. The summed E-state index contributed by atoms with van der Waals surface area (Å²) < 4.78 is 27.7. The fourth-order valence-electron chi connectivity index (χ4n) is 2.61. The number of hydrogen-bond donors (Lipinski definition) is 1. The standard InChI is InChI=1S/C16H14N4O2S/c21-23(22)9-8-20-16(19-23)14(11-18-20)15-7-6-13(10-17-15)12-4-2-1-3-5-12/h1-7,10-11,19H,8-9H2. The van der Waals surface area contributed by atoms with E-state index in [1.54, 1.807) is 17.1 Å². The summed E-state index contributed by atoms with van der Waals surface area (Å²) in [5.41, 5.74) is 3.48. The molecular formula is C16H14N4O2S. The fraction of sp³-hybridized carbons (Fsp3) is 0.125. The summed E-state index contributed by atoms with van der Waals surface area (Å²) in [6.07, 6.45) is 3.43. The maximum atomic E-state index is 11.8. The van der Waals surface area contributed by atoms with E-state index >= 15 is 0 Å². The molecule has 0 saturated heterocycles. The van der Waals surface area contributed by atoms with E-state index in [1.807, 2.05) is 42.5 Å². The number of nitrogens with zero attached hydrogens (tertiary/aromatic N) is 3. The number of rotatable bonds is 2. The Morgan fingerprint density at radius 3 is 2.57 bits per heavy atom. The number of aryl methyl sites for hydroxylation is 1. The molecule has 0 amide bonds. The zero-order valence-corrected chi connectivity index (χ0v) is 13.0. The number of anilines is 1. The van der Waals surface area contributed by atoms with Crippen LogP contribution in [0.5, 0.6) is 0 Å². The molecule has 0 fully saturated rings. The van der Waals surface area contributed by atoms with Crippen molar-refractivity contribution in [3.05, 3.63) is 54.9 Å². The van der Waals surface area contributed by atoms with Gasteiger partial charge < -0.3 is 0 Å². The van der Waals surface area contributed by atoms with E-state index in [-0.39, 0.29) is 5.75 Å². The van der Waals surface area contributed by atoms with Gasteiger partial charge in [0.05, 0.1) is 29.8 Å². The molecule has 7 heteroatoms. The van der Waals surface area contributed by atoms with Crippen LogP contribution in [0.3, 0.4) is 0 Å². The minimum atomic E-state index is -3.29. The second kappa shape index (κ2) is 5.20. The first-order valence-electron chi connectivity index (χ1n) is 7.20. The van der Waals surface area contributed by atoms with Crippen LogP contribution in [-0.2, 0) is 16.6 Å². The van der Waals surface area contributed by atoms with Crippen LogP contribution < -0.4 is 4.72 Å². The molecule has 1 aliphatic rings. The Labute approximate surface area is 133 Å². The lowest BCUT2D eigenvalue weighted by molar-refractivity contribution is 0.577. The predicted molar refractivity (Wildman–Crippen MR) is 88.3 cm³/mol. The van der Waals surface area contributed by atoms with Crippen LogP contribution in [0, 0.1) is 0 Å². The van der Waals surface area contributed by atoms with Crippen LogP contribution in [0.15, 0.2) is 54.9 Å². The Hall–Kier alpha value is -2.67. The summed E-state index contributed by atoms with van der Waals surface area (Å²) in [6, 6.07) is 13.8. The smallest absolute Gasteiger partial charge is 0.235 e. The third-order valence-electron chi connectivity index (χ3n) is 3.81. The van der Waals surface area contributed by atoms with E-state index < -0.39 is 10.0 Å². The van der Waals surface area contributed by atoms with Gasteiger partial charge in [-0.1, -0.05) is 36.4 Å². The number of benzene rings is 1. The second-order valence-electron chi connectivity index (χ2n) is 5.35. The van der Waals surface area contributed by atoms with Crippen molar-refractivity contribution >= 4 is 15.8 Å². The number of nitrogens with one attached hydrogen (secondary N) is 1. The zero-order chi connectivity index (χ0) is 15.9. The molecule has 4 rings (SSSR count). The Balaban J connectivity index is 1.72. The lowest BCUT2D eigenvalue weighted by Gasteiger charge is -2.17. The van der Waals surface area contributed by atoms with Crippen molar-refractivity contribution in [1.29, 1.82) is 0 Å². The average molecular weight is 326 g/mol. The lowest BCUT2D eigenvalue weighted by atomic mass is 10.1. The molecule has 3 aromatic rings. The highest BCUT2D eigenvalue weighted by molar-refractivity contribution is 7.92. The number of sulfonamides is 1. The molecule has 1 N–H and O–H groups in total. The van der Waals surface area contributed by atoms with E-state index in [0.717, 1.165) is 11.1 Å². The van der Waals surface area contributed by atoms with Gasteiger partial charge in [-0.2, -0.15) is 5.10 Å². The first kappa shape index (κ1) is 14.0. The first-order chi connectivity index (χ1) is 11.1. The quantitative estimate of drug-likeness (QED) is 0.784. The molecule has 0 saturated carbocycles. The first-order valence-corrected chi connectivity index (χ1v) is 8.86. The number of hydrogen-bond acceptors (Lipinski definition) is 4. The van der Waals surface area contributed by atoms with E-state index in [0.29, 0.717) is 23.6 Å². The van der Waals surface area contributed by atoms with Gasteiger partial charge in [0.2, 0.25) is 10.0 Å². The van der Waals surface area contributed by atoms with Gasteiger partial charge in [-0.3, -0.25) is 9.71 Å². The monoisotopic (exact) mass is 326 g/mol. The van der Waals surface area contributed by atoms with E-state index in [1.165, 1.54) is 0 Å². The maximum Gasteiger partial charge on any atom is 0.235 e. The van der Waals surface area contributed by atoms with Crippen molar-refractivity contribution in [3.63, 3.8) is 0 Å². The van der Waals surface area contributed by atoms with E-state index in [4.69, 9.17) is 0 Å². The summed E-state index contributed by atoms with van der Waals surface area (Å²) in [5, 5.41) is 4.23. The van der Waals surface area contributed by atoms with E-state index in [2.05, 4.69) is 14.8 Å². The van der Waals surface area contributed by atoms with Crippen molar-refractivity contribution in [2.45, 2.75) is 6.54 Å². The van der Waals surface area contributed by atoms with Crippen LogP contribution in [0.4, 0.5) is 5.82 Å². The largest absolute Gasteiger partial charge is 0.267 e. The van der Waals surface area contributed by atoms with Crippen molar-refractivity contribution < 1.29 is 8.42 Å². The molecule has 116 valence electrons. The second-order valence-corrected chi connectivity index (χ2v) is 7.19. The van der Waals surface area contributed by atoms with Crippen molar-refractivity contribution in [3.8, 4) is 22.4 Å². The average Bonchev–Trinajstić information content (AvgIpc) is 2.97. The molecule has 0 atom stereocenters. The molecule has 23 heavy (non-hydrogen) atoms. The highest BCUT2D eigenvalue weighted by atomic mass is 32.2. The normalized spacial score (nSPS) is 15.7. The molecule has 0 bridgehead atoms. The maximum absolute atomic E-state index is 11.8. The number of pyridine rings is 1. The topological polar surface area (TPSA) is 76.9 Å². The highest BCUT2D eigenvalue weighted by Crippen LogP contribution is 2.30. The van der Waals surface area contributed by atoms with Crippen molar-refractivity contribution in [2.24, 2.45) is 0 Å². The number of fused-ring (bicyclic) bond motifs is 1. The summed E-state index contributed by atoms with van der Waals surface area (Å²) >= 11 is 0. The molecule has 0 unspecified atom stereocenters. The Bertz CT molecular complexity index is 948. The van der Waals surface area contributed by atoms with Crippen LogP contribution in [0.2, 0.25) is 0 Å². The van der Waals surface area contributed by atoms with Gasteiger partial charge in [0.15, 0.2) is 0 Å². The molecule has 6 nitrogen and oxygen atoms in total. The van der Waals surface area contributed by atoms with Crippen molar-refractivity contribution in [2.75, 3.05) is 10.5 Å². The van der Waals surface area contributed by atoms with Gasteiger partial charge in [0.25, 0.3) is 0 Å². The van der Waals surface area contributed by atoms with Crippen LogP contribution >= 0.6 is 0 Å². The zero-order valence-electron chi connectivity index (χ0n) is 12.2. The molecule has 0 spiro atoms. The summed E-state index contributed by atoms with van der Waals surface area (Å²) in [6.45, 7) is 0.354. The minimum Gasteiger partial charge on any atom is -0.267 e. The highest BCUT2D eigenvalue weighted by Gasteiger charge is 2.24. The Kier molecular flexibility index (Phi) is 3.16. The SMILES string of the molecule is O=S1(=O)CCn2ncc(-c3ccc(-c4ccccc4)cn3)c2N1. The van der Waals surface area contributed by atoms with Crippen LogP contribution in [0.1, 0.15) is 0 Å². The summed E-state index contributed by atoms with van der Waals surface area (Å²) in [7, 11) is -3.29. The Morgan fingerprint density at radius 1 is 1.00 bits per heavy atom. The molecular weight excluding hydrogens is 312 g/mol. The van der Waals surface area contributed by atoms with Gasteiger partial charge in [-0.25, -0.2) is 13.1 Å². The molecule has 0 radical (unpaired) electrons. The minimum absolute atomic E-state index is 0.0431. The van der Waals surface area contributed by atoms with Crippen molar-refractivity contribution in [1.82, 2.24) is 14.8 Å². The van der Waals surface area contributed by atoms with Gasteiger partial charge in [-0.05, 0) is 11.6 Å². The van der Waals surface area contributed by atoms with Gasteiger partial charge in [0, 0.05) is 11.8 Å². The van der Waals surface area contributed by atoms with Gasteiger partial charge in [0.1, 0.15) is 5.82 Å².